The number of piperidine rings is 2. The standard InChI is InChI=1S/C46H51N5O8/c1-25-19-31(20-26(2)36(25)24-47)59-44-45(3,4)43(46(44,5)6)49-39(53)27-7-9-28(10-8-27)50-17-15-29(16-18-50)57-32-21-33(22-32)58-30-11-12-34-35(23-30)42(56)51(41(34)55)37-13-14-38(52)48-40(37)54/h7-12,19-20,23,29,32-33,37,43-44H,13-18,21-22H2,1-6H3,(H,49,53)(H,48,52,54)/t32-,33-,37?,43-,44-. The highest BCUT2D eigenvalue weighted by Gasteiger charge is 2.64. The number of hydrogen-bond acceptors (Lipinski definition) is 10. The molecule has 0 radical (unpaired) electrons. The number of aryl methyl sites for hydroxylation is 2. The van der Waals surface area contributed by atoms with Gasteiger partial charge in [-0.15, -0.1) is 0 Å². The summed E-state index contributed by atoms with van der Waals surface area (Å²) in [6, 6.07) is 17.6. The molecule has 2 saturated heterocycles. The van der Waals surface area contributed by atoms with Crippen molar-refractivity contribution in [1.82, 2.24) is 15.5 Å². The number of ether oxygens (including phenoxy) is 3. The molecule has 4 fully saturated rings. The summed E-state index contributed by atoms with van der Waals surface area (Å²) in [5.74, 6) is -1.05. The molecule has 59 heavy (non-hydrogen) atoms. The van der Waals surface area contributed by atoms with Crippen LogP contribution in [0, 0.1) is 36.0 Å². The van der Waals surface area contributed by atoms with Crippen LogP contribution in [0.1, 0.15) is 114 Å². The molecule has 0 bridgehead atoms. The van der Waals surface area contributed by atoms with Gasteiger partial charge in [0.25, 0.3) is 17.7 Å². The van der Waals surface area contributed by atoms with E-state index in [4.69, 9.17) is 14.2 Å². The van der Waals surface area contributed by atoms with Crippen LogP contribution < -0.4 is 25.0 Å². The summed E-state index contributed by atoms with van der Waals surface area (Å²) >= 11 is 0. The maximum Gasteiger partial charge on any atom is 0.262 e. The molecule has 1 atom stereocenters. The van der Waals surface area contributed by atoms with Gasteiger partial charge in [0.2, 0.25) is 11.8 Å². The van der Waals surface area contributed by atoms with Crippen molar-refractivity contribution >= 4 is 35.2 Å². The van der Waals surface area contributed by atoms with Gasteiger partial charge in [-0.1, -0.05) is 27.7 Å². The predicted octanol–water partition coefficient (Wildman–Crippen LogP) is 5.78. The number of nitriles is 1. The van der Waals surface area contributed by atoms with Crippen molar-refractivity contribution in [1.29, 1.82) is 5.26 Å². The third-order valence-corrected chi connectivity index (χ3v) is 13.1. The Morgan fingerprint density at radius 1 is 0.797 bits per heavy atom. The number of benzene rings is 3. The third kappa shape index (κ3) is 7.32. The van der Waals surface area contributed by atoms with Crippen LogP contribution in [0.25, 0.3) is 0 Å². The molecule has 2 N–H and O–H groups in total. The summed E-state index contributed by atoms with van der Waals surface area (Å²) in [5, 5.41) is 15.0. The Balaban J connectivity index is 0.778. The Kier molecular flexibility index (Phi) is 10.3. The monoisotopic (exact) mass is 801 g/mol. The van der Waals surface area contributed by atoms with Crippen LogP contribution in [-0.4, -0.2) is 84.0 Å². The summed E-state index contributed by atoms with van der Waals surface area (Å²) in [7, 11) is 0. The summed E-state index contributed by atoms with van der Waals surface area (Å²) in [5.41, 5.74) is 3.89. The van der Waals surface area contributed by atoms with E-state index in [1.54, 1.807) is 18.2 Å². The topological polar surface area (TPSA) is 167 Å². The van der Waals surface area contributed by atoms with Crippen LogP contribution >= 0.6 is 0 Å². The van der Waals surface area contributed by atoms with E-state index >= 15 is 0 Å². The average Bonchev–Trinajstić information content (AvgIpc) is 3.43. The smallest absolute Gasteiger partial charge is 0.262 e. The maximum atomic E-state index is 13.5. The maximum absolute atomic E-state index is 13.5. The molecule has 2 saturated carbocycles. The first-order valence-electron chi connectivity index (χ1n) is 20.6. The van der Waals surface area contributed by atoms with Crippen LogP contribution in [0.5, 0.6) is 11.5 Å². The lowest BCUT2D eigenvalue weighted by molar-refractivity contribution is -0.164. The van der Waals surface area contributed by atoms with Gasteiger partial charge in [-0.05, 0) is 98.8 Å². The molecule has 13 nitrogen and oxygen atoms in total. The molecule has 3 aliphatic heterocycles. The predicted molar refractivity (Wildman–Crippen MR) is 217 cm³/mol. The summed E-state index contributed by atoms with van der Waals surface area (Å²) in [4.78, 5) is 66.9. The minimum absolute atomic E-state index is 0.0682. The van der Waals surface area contributed by atoms with Crippen molar-refractivity contribution in [2.45, 2.75) is 117 Å². The number of carbonyl (C=O) groups is 5. The SMILES string of the molecule is Cc1cc(O[C@H]2C(C)(C)[C@H](NC(=O)c3ccc(N4CCC(O[C@H]5C[C@H](Oc6ccc7c(c6)C(=O)N(C6CCC(=O)NC6=O)C7=O)C5)CC4)cc3)C2(C)C)cc(C)c1C#N. The molecule has 5 aliphatic rings. The molecule has 308 valence electrons. The number of hydrogen-bond donors (Lipinski definition) is 2. The lowest BCUT2D eigenvalue weighted by Crippen LogP contribution is -2.74. The number of nitrogens with zero attached hydrogens (tertiary/aromatic N) is 3. The van der Waals surface area contributed by atoms with Crippen molar-refractivity contribution in [3.05, 3.63) is 88.0 Å². The molecule has 1 unspecified atom stereocenters. The number of carbonyl (C=O) groups excluding carboxylic acids is 5. The fourth-order valence-electron chi connectivity index (χ4n) is 10.1. The number of rotatable bonds is 10. The normalized spacial score (nSPS) is 25.9. The van der Waals surface area contributed by atoms with Gasteiger partial charge >= 0.3 is 0 Å². The quantitative estimate of drug-likeness (QED) is 0.240. The van der Waals surface area contributed by atoms with Crippen LogP contribution in [-0.2, 0) is 14.3 Å². The van der Waals surface area contributed by atoms with Crippen molar-refractivity contribution in [3.8, 4) is 17.6 Å². The first-order valence-corrected chi connectivity index (χ1v) is 20.6. The summed E-state index contributed by atoms with van der Waals surface area (Å²) < 4.78 is 19.1. The highest BCUT2D eigenvalue weighted by molar-refractivity contribution is 6.23. The number of fused-ring (bicyclic) bond motifs is 1. The van der Waals surface area contributed by atoms with Crippen molar-refractivity contribution < 1.29 is 38.2 Å². The Bertz CT molecular complexity index is 2230. The van der Waals surface area contributed by atoms with Gasteiger partial charge in [-0.3, -0.25) is 34.2 Å². The fraction of sp³-hybridized carbons (Fsp3) is 0.478. The summed E-state index contributed by atoms with van der Waals surface area (Å²) in [6.45, 7) is 14.0. The second kappa shape index (κ2) is 15.1. The highest BCUT2D eigenvalue weighted by atomic mass is 16.5. The van der Waals surface area contributed by atoms with Gasteiger partial charge < -0.3 is 24.4 Å². The van der Waals surface area contributed by atoms with E-state index < -0.39 is 29.7 Å². The fourth-order valence-corrected chi connectivity index (χ4v) is 10.1. The Morgan fingerprint density at radius 3 is 2.07 bits per heavy atom. The number of imide groups is 2. The van der Waals surface area contributed by atoms with Crippen LogP contribution in [0.4, 0.5) is 5.69 Å². The van der Waals surface area contributed by atoms with Gasteiger partial charge in [0.1, 0.15) is 29.7 Å². The van der Waals surface area contributed by atoms with Crippen molar-refractivity contribution in [2.75, 3.05) is 18.0 Å². The molecule has 2 aliphatic carbocycles. The number of anilines is 1. The van der Waals surface area contributed by atoms with E-state index in [1.807, 2.05) is 50.2 Å². The highest BCUT2D eigenvalue weighted by Crippen LogP contribution is 2.55. The zero-order valence-corrected chi connectivity index (χ0v) is 34.4. The zero-order chi connectivity index (χ0) is 42.0. The molecule has 0 spiro atoms. The van der Waals surface area contributed by atoms with E-state index in [0.29, 0.717) is 16.9 Å². The van der Waals surface area contributed by atoms with Crippen LogP contribution in [0.15, 0.2) is 54.6 Å². The second-order valence-electron chi connectivity index (χ2n) is 17.9. The Hall–Kier alpha value is -5.74. The van der Waals surface area contributed by atoms with Gasteiger partial charge in [0, 0.05) is 60.5 Å². The van der Waals surface area contributed by atoms with Crippen molar-refractivity contribution in [3.63, 3.8) is 0 Å². The van der Waals surface area contributed by atoms with E-state index in [2.05, 4.69) is 49.3 Å². The van der Waals surface area contributed by atoms with E-state index in [1.165, 1.54) is 0 Å². The minimum atomic E-state index is -1.01. The molecular formula is C46H51N5O8. The molecule has 3 aromatic carbocycles. The lowest BCUT2D eigenvalue weighted by atomic mass is 9.49. The molecular weight excluding hydrogens is 751 g/mol. The second-order valence-corrected chi connectivity index (χ2v) is 17.9. The third-order valence-electron chi connectivity index (χ3n) is 13.1. The zero-order valence-electron chi connectivity index (χ0n) is 34.4. The largest absolute Gasteiger partial charge is 0.490 e. The van der Waals surface area contributed by atoms with Gasteiger partial charge in [-0.2, -0.15) is 5.26 Å². The van der Waals surface area contributed by atoms with E-state index in [0.717, 1.165) is 66.2 Å². The minimum Gasteiger partial charge on any atom is -0.490 e. The molecule has 3 aromatic rings. The first-order chi connectivity index (χ1) is 28.0. The average molecular weight is 802 g/mol. The molecule has 13 heteroatoms. The van der Waals surface area contributed by atoms with Gasteiger partial charge in [0.15, 0.2) is 0 Å². The first kappa shape index (κ1) is 40.1. The Labute approximate surface area is 344 Å². The van der Waals surface area contributed by atoms with Crippen LogP contribution in [0.3, 0.4) is 0 Å². The molecule has 5 amide bonds. The Morgan fingerprint density at radius 2 is 1.44 bits per heavy atom. The van der Waals surface area contributed by atoms with E-state index in [9.17, 15) is 29.2 Å². The van der Waals surface area contributed by atoms with Gasteiger partial charge in [0.05, 0.1) is 35.0 Å². The van der Waals surface area contributed by atoms with Crippen LogP contribution in [0.2, 0.25) is 0 Å². The summed E-state index contributed by atoms with van der Waals surface area (Å²) in [6.07, 6.45) is 3.37. The number of nitrogens with one attached hydrogen (secondary N) is 2. The van der Waals surface area contributed by atoms with E-state index in [-0.39, 0.29) is 71.2 Å². The van der Waals surface area contributed by atoms with Crippen molar-refractivity contribution in [2.24, 2.45) is 10.8 Å². The lowest BCUT2D eigenvalue weighted by Gasteiger charge is -2.63. The van der Waals surface area contributed by atoms with Gasteiger partial charge in [-0.25, -0.2) is 0 Å². The molecule has 3 heterocycles. The molecule has 0 aromatic heterocycles. The number of amides is 5. The molecule has 8 rings (SSSR count).